The Bertz CT molecular complexity index is 359. The van der Waals surface area contributed by atoms with E-state index >= 15 is 0 Å². The third kappa shape index (κ3) is 1.84. The Morgan fingerprint density at radius 3 is 2.75 bits per heavy atom. The molecule has 2 aliphatic rings. The minimum atomic E-state index is -0.697. The Hall–Kier alpha value is -1.30. The van der Waals surface area contributed by atoms with Crippen LogP contribution in [0, 0.1) is 16.7 Å². The summed E-state index contributed by atoms with van der Waals surface area (Å²) in [5.41, 5.74) is 0.545. The Labute approximate surface area is 96.7 Å². The second-order valence-corrected chi connectivity index (χ2v) is 4.97. The minimum Gasteiger partial charge on any atom is -0.337 e. The summed E-state index contributed by atoms with van der Waals surface area (Å²) in [4.78, 5) is 14.2. The highest BCUT2D eigenvalue weighted by molar-refractivity contribution is 5.86. The Morgan fingerprint density at radius 2 is 2.19 bits per heavy atom. The van der Waals surface area contributed by atoms with Crippen LogP contribution >= 0.6 is 0 Å². The predicted molar refractivity (Wildman–Crippen MR) is 61.5 cm³/mol. The zero-order chi connectivity index (χ0) is 11.6. The van der Waals surface area contributed by atoms with Gasteiger partial charge >= 0.3 is 0 Å². The predicted octanol–water partition coefficient (Wildman–Crippen LogP) is 2.25. The largest absolute Gasteiger partial charge is 0.337 e. The van der Waals surface area contributed by atoms with Gasteiger partial charge in [-0.2, -0.15) is 5.26 Å². The van der Waals surface area contributed by atoms with E-state index in [0.717, 1.165) is 38.6 Å². The van der Waals surface area contributed by atoms with Crippen LogP contribution in [0.4, 0.5) is 0 Å². The second-order valence-electron chi connectivity index (χ2n) is 4.97. The molecule has 1 saturated carbocycles. The van der Waals surface area contributed by atoms with E-state index in [0.29, 0.717) is 6.54 Å². The molecular formula is C13H18N2O. The van der Waals surface area contributed by atoms with Gasteiger partial charge in [0.2, 0.25) is 5.91 Å². The molecule has 86 valence electrons. The molecule has 0 aromatic heterocycles. The standard InChI is InChI=1S/C13H18N2O/c1-11-5-4-8-15(9-11)12(16)13(10-14)6-2-3-7-13/h5H,2-4,6-9H2,1H3. The molecule has 0 unspecified atom stereocenters. The molecule has 16 heavy (non-hydrogen) atoms. The first-order chi connectivity index (χ1) is 7.68. The summed E-state index contributed by atoms with van der Waals surface area (Å²) in [6.45, 7) is 3.54. The lowest BCUT2D eigenvalue weighted by Crippen LogP contribution is -2.44. The smallest absolute Gasteiger partial charge is 0.243 e. The number of amides is 1. The van der Waals surface area contributed by atoms with Crippen molar-refractivity contribution in [3.05, 3.63) is 11.6 Å². The molecule has 2 rings (SSSR count). The Morgan fingerprint density at radius 1 is 1.50 bits per heavy atom. The van der Waals surface area contributed by atoms with E-state index in [9.17, 15) is 10.1 Å². The van der Waals surface area contributed by atoms with Crippen molar-refractivity contribution in [3.63, 3.8) is 0 Å². The van der Waals surface area contributed by atoms with Crippen molar-refractivity contribution in [2.45, 2.75) is 39.0 Å². The normalized spacial score (nSPS) is 23.8. The number of rotatable bonds is 1. The number of nitrogens with zero attached hydrogens (tertiary/aromatic N) is 2. The SMILES string of the molecule is CC1=CCCN(C(=O)C2(C#N)CCCC2)C1. The van der Waals surface area contributed by atoms with Gasteiger partial charge in [-0.25, -0.2) is 0 Å². The zero-order valence-corrected chi connectivity index (χ0v) is 9.83. The summed E-state index contributed by atoms with van der Waals surface area (Å²) in [5, 5.41) is 9.27. The molecule has 0 radical (unpaired) electrons. The van der Waals surface area contributed by atoms with Crippen molar-refractivity contribution in [1.29, 1.82) is 5.26 Å². The second kappa shape index (κ2) is 4.29. The van der Waals surface area contributed by atoms with Crippen LogP contribution in [0.5, 0.6) is 0 Å². The lowest BCUT2D eigenvalue weighted by molar-refractivity contribution is -0.138. The van der Waals surface area contributed by atoms with Gasteiger partial charge in [0.05, 0.1) is 6.07 Å². The fourth-order valence-corrected chi connectivity index (χ4v) is 2.74. The molecule has 0 saturated heterocycles. The summed E-state index contributed by atoms with van der Waals surface area (Å²) in [5.74, 6) is 0.0694. The van der Waals surface area contributed by atoms with Crippen LogP contribution in [0.3, 0.4) is 0 Å². The molecule has 0 bridgehead atoms. The number of carbonyl (C=O) groups is 1. The number of nitriles is 1. The molecule has 3 nitrogen and oxygen atoms in total. The highest BCUT2D eigenvalue weighted by Gasteiger charge is 2.44. The summed E-state index contributed by atoms with van der Waals surface area (Å²) in [7, 11) is 0. The lowest BCUT2D eigenvalue weighted by atomic mass is 9.86. The van der Waals surface area contributed by atoms with Gasteiger partial charge in [0.1, 0.15) is 5.41 Å². The number of carbonyl (C=O) groups excluding carboxylic acids is 1. The quantitative estimate of drug-likeness (QED) is 0.633. The molecule has 0 N–H and O–H groups in total. The van der Waals surface area contributed by atoms with E-state index in [2.05, 4.69) is 12.1 Å². The van der Waals surface area contributed by atoms with E-state index in [1.54, 1.807) is 0 Å². The van der Waals surface area contributed by atoms with Crippen LogP contribution in [-0.2, 0) is 4.79 Å². The van der Waals surface area contributed by atoms with Crippen molar-refractivity contribution in [3.8, 4) is 6.07 Å². The van der Waals surface area contributed by atoms with E-state index in [4.69, 9.17) is 0 Å². The Balaban J connectivity index is 2.13. The van der Waals surface area contributed by atoms with Gasteiger partial charge in [0.15, 0.2) is 0 Å². The molecule has 3 heteroatoms. The van der Waals surface area contributed by atoms with Crippen LogP contribution in [0.1, 0.15) is 39.0 Å². The van der Waals surface area contributed by atoms with Gasteiger partial charge in [-0.1, -0.05) is 24.5 Å². The molecular weight excluding hydrogens is 200 g/mol. The van der Waals surface area contributed by atoms with Gasteiger partial charge < -0.3 is 4.90 Å². The summed E-state index contributed by atoms with van der Waals surface area (Å²) >= 11 is 0. The Kier molecular flexibility index (Phi) is 3.00. The third-order valence-corrected chi connectivity index (χ3v) is 3.70. The van der Waals surface area contributed by atoms with Crippen LogP contribution in [0.15, 0.2) is 11.6 Å². The summed E-state index contributed by atoms with van der Waals surface area (Å²) in [6.07, 6.45) is 6.64. The molecule has 1 heterocycles. The first kappa shape index (κ1) is 11.2. The van der Waals surface area contributed by atoms with Gasteiger partial charge in [-0.05, 0) is 26.2 Å². The molecule has 1 aliphatic heterocycles. The number of hydrogen-bond donors (Lipinski definition) is 0. The van der Waals surface area contributed by atoms with E-state index in [1.165, 1.54) is 5.57 Å². The van der Waals surface area contributed by atoms with Crippen LogP contribution < -0.4 is 0 Å². The van der Waals surface area contributed by atoms with Gasteiger partial charge in [0.25, 0.3) is 0 Å². The topological polar surface area (TPSA) is 44.1 Å². The first-order valence-corrected chi connectivity index (χ1v) is 6.04. The number of hydrogen-bond acceptors (Lipinski definition) is 2. The van der Waals surface area contributed by atoms with Crippen LogP contribution in [-0.4, -0.2) is 23.9 Å². The molecule has 0 atom stereocenters. The van der Waals surface area contributed by atoms with E-state index in [1.807, 2.05) is 11.8 Å². The van der Waals surface area contributed by atoms with Crippen LogP contribution in [0.25, 0.3) is 0 Å². The van der Waals surface area contributed by atoms with Gasteiger partial charge in [-0.3, -0.25) is 4.79 Å². The maximum atomic E-state index is 12.4. The average molecular weight is 218 g/mol. The lowest BCUT2D eigenvalue weighted by Gasteiger charge is -2.32. The fraction of sp³-hybridized carbons (Fsp3) is 0.692. The van der Waals surface area contributed by atoms with Crippen molar-refractivity contribution < 1.29 is 4.79 Å². The van der Waals surface area contributed by atoms with Crippen LogP contribution in [0.2, 0.25) is 0 Å². The molecule has 0 aromatic rings. The van der Waals surface area contributed by atoms with E-state index in [-0.39, 0.29) is 5.91 Å². The van der Waals surface area contributed by atoms with Crippen molar-refractivity contribution >= 4 is 5.91 Å². The molecule has 0 spiro atoms. The van der Waals surface area contributed by atoms with Crippen molar-refractivity contribution in [2.24, 2.45) is 5.41 Å². The zero-order valence-electron chi connectivity index (χ0n) is 9.83. The highest BCUT2D eigenvalue weighted by atomic mass is 16.2. The average Bonchev–Trinajstić information content (AvgIpc) is 2.78. The molecule has 0 aromatic carbocycles. The summed E-state index contributed by atoms with van der Waals surface area (Å²) < 4.78 is 0. The minimum absolute atomic E-state index is 0.0694. The molecule has 1 aliphatic carbocycles. The highest BCUT2D eigenvalue weighted by Crippen LogP contribution is 2.39. The van der Waals surface area contributed by atoms with Gasteiger partial charge in [-0.15, -0.1) is 0 Å². The molecule has 1 amide bonds. The summed E-state index contributed by atoms with van der Waals surface area (Å²) in [6, 6.07) is 2.28. The van der Waals surface area contributed by atoms with Gasteiger partial charge in [0, 0.05) is 13.1 Å². The first-order valence-electron chi connectivity index (χ1n) is 6.04. The molecule has 1 fully saturated rings. The van der Waals surface area contributed by atoms with E-state index < -0.39 is 5.41 Å². The third-order valence-electron chi connectivity index (χ3n) is 3.70. The maximum Gasteiger partial charge on any atom is 0.243 e. The fourth-order valence-electron chi connectivity index (χ4n) is 2.74. The maximum absolute atomic E-state index is 12.4. The van der Waals surface area contributed by atoms with Crippen molar-refractivity contribution in [1.82, 2.24) is 4.90 Å². The monoisotopic (exact) mass is 218 g/mol. The van der Waals surface area contributed by atoms with Crippen molar-refractivity contribution in [2.75, 3.05) is 13.1 Å².